The van der Waals surface area contributed by atoms with Gasteiger partial charge in [0.25, 0.3) is 0 Å². The van der Waals surface area contributed by atoms with Crippen molar-refractivity contribution in [3.05, 3.63) is 28.8 Å². The molecule has 2 nitrogen and oxygen atoms in total. The first kappa shape index (κ1) is 11.7. The Morgan fingerprint density at radius 1 is 1.38 bits per heavy atom. The lowest BCUT2D eigenvalue weighted by Gasteiger charge is -2.15. The summed E-state index contributed by atoms with van der Waals surface area (Å²) >= 11 is 6.14. The summed E-state index contributed by atoms with van der Waals surface area (Å²) in [5, 5.41) is 4.18. The maximum Gasteiger partial charge on any atom is 0.137 e. The Morgan fingerprint density at radius 3 is 3.00 bits per heavy atom. The van der Waals surface area contributed by atoms with Crippen molar-refractivity contribution in [1.29, 1.82) is 0 Å². The smallest absolute Gasteiger partial charge is 0.137 e. The number of rotatable bonds is 2. The summed E-state index contributed by atoms with van der Waals surface area (Å²) in [4.78, 5) is 0. The van der Waals surface area contributed by atoms with Crippen LogP contribution in [0.2, 0.25) is 5.02 Å². The summed E-state index contributed by atoms with van der Waals surface area (Å²) in [5.41, 5.74) is 1.32. The van der Waals surface area contributed by atoms with Gasteiger partial charge in [0, 0.05) is 6.54 Å². The number of methoxy groups -OCH3 is 1. The predicted octanol–water partition coefficient (Wildman–Crippen LogP) is 3.21. The van der Waals surface area contributed by atoms with Crippen LogP contribution in [0.4, 0.5) is 0 Å². The van der Waals surface area contributed by atoms with E-state index in [-0.39, 0.29) is 0 Å². The number of nitrogens with one attached hydrogen (secondary N) is 1. The van der Waals surface area contributed by atoms with Gasteiger partial charge in [-0.15, -0.1) is 0 Å². The van der Waals surface area contributed by atoms with E-state index in [1.165, 1.54) is 24.8 Å². The lowest BCUT2D eigenvalue weighted by molar-refractivity contribution is 0.414. The first-order valence-corrected chi connectivity index (χ1v) is 6.23. The standard InChI is InChI=1S/C13H18ClNO/c1-16-13-6-5-10(8-12(13)14)11-4-2-3-7-15-9-11/h5-6,8,11,15H,2-4,7,9H2,1H3. The minimum atomic E-state index is 0.589. The molecule has 0 bridgehead atoms. The maximum atomic E-state index is 6.14. The average Bonchev–Trinajstić information content (AvgIpc) is 2.57. The summed E-state index contributed by atoms with van der Waals surface area (Å²) in [6.45, 7) is 2.20. The molecule has 0 radical (unpaired) electrons. The third kappa shape index (κ3) is 2.69. The fourth-order valence-electron chi connectivity index (χ4n) is 2.24. The molecule has 0 aromatic heterocycles. The van der Waals surface area contributed by atoms with Crippen molar-refractivity contribution in [2.24, 2.45) is 0 Å². The number of halogens is 1. The molecule has 0 saturated carbocycles. The first-order chi connectivity index (χ1) is 7.81. The van der Waals surface area contributed by atoms with E-state index >= 15 is 0 Å². The second kappa shape index (κ2) is 5.55. The number of hydrogen-bond acceptors (Lipinski definition) is 2. The summed E-state index contributed by atoms with van der Waals surface area (Å²) in [6.07, 6.45) is 3.82. The van der Waals surface area contributed by atoms with Gasteiger partial charge >= 0.3 is 0 Å². The van der Waals surface area contributed by atoms with E-state index in [9.17, 15) is 0 Å². The molecule has 88 valence electrons. The van der Waals surface area contributed by atoms with Gasteiger partial charge in [0.05, 0.1) is 12.1 Å². The summed E-state index contributed by atoms with van der Waals surface area (Å²) in [6, 6.07) is 6.13. The summed E-state index contributed by atoms with van der Waals surface area (Å²) < 4.78 is 5.16. The molecule has 2 rings (SSSR count). The van der Waals surface area contributed by atoms with Crippen LogP contribution < -0.4 is 10.1 Å². The van der Waals surface area contributed by atoms with Gasteiger partial charge in [0.15, 0.2) is 0 Å². The van der Waals surface area contributed by atoms with Crippen molar-refractivity contribution in [2.45, 2.75) is 25.2 Å². The zero-order chi connectivity index (χ0) is 11.4. The molecule has 1 N–H and O–H groups in total. The van der Waals surface area contributed by atoms with Gasteiger partial charge in [-0.05, 0) is 43.0 Å². The second-order valence-electron chi connectivity index (χ2n) is 4.29. The number of benzene rings is 1. The normalized spacial score (nSPS) is 21.5. The lowest BCUT2D eigenvalue weighted by atomic mass is 9.94. The summed E-state index contributed by atoms with van der Waals surface area (Å²) in [7, 11) is 1.65. The van der Waals surface area contributed by atoms with E-state index in [2.05, 4.69) is 11.4 Å². The predicted molar refractivity (Wildman–Crippen MR) is 67.5 cm³/mol. The highest BCUT2D eigenvalue weighted by Crippen LogP contribution is 2.30. The van der Waals surface area contributed by atoms with Crippen molar-refractivity contribution in [3.63, 3.8) is 0 Å². The molecule has 1 atom stereocenters. The van der Waals surface area contributed by atoms with Gasteiger partial charge in [0.2, 0.25) is 0 Å². The van der Waals surface area contributed by atoms with Crippen molar-refractivity contribution in [2.75, 3.05) is 20.2 Å². The molecule has 1 aromatic carbocycles. The zero-order valence-corrected chi connectivity index (χ0v) is 10.4. The van der Waals surface area contributed by atoms with Crippen LogP contribution in [0.5, 0.6) is 5.75 Å². The molecule has 1 aliphatic heterocycles. The van der Waals surface area contributed by atoms with Crippen LogP contribution in [-0.4, -0.2) is 20.2 Å². The van der Waals surface area contributed by atoms with Crippen LogP contribution in [0.3, 0.4) is 0 Å². The lowest BCUT2D eigenvalue weighted by Crippen LogP contribution is -2.19. The van der Waals surface area contributed by atoms with Gasteiger partial charge in [-0.25, -0.2) is 0 Å². The number of hydrogen-bond donors (Lipinski definition) is 1. The van der Waals surface area contributed by atoms with Crippen molar-refractivity contribution >= 4 is 11.6 Å². The third-order valence-electron chi connectivity index (χ3n) is 3.19. The fraction of sp³-hybridized carbons (Fsp3) is 0.538. The first-order valence-electron chi connectivity index (χ1n) is 5.85. The van der Waals surface area contributed by atoms with E-state index in [1.54, 1.807) is 7.11 Å². The van der Waals surface area contributed by atoms with Gasteiger partial charge in [-0.3, -0.25) is 0 Å². The molecule has 1 heterocycles. The zero-order valence-electron chi connectivity index (χ0n) is 9.63. The molecule has 1 saturated heterocycles. The van der Waals surface area contributed by atoms with Crippen LogP contribution in [0.1, 0.15) is 30.7 Å². The molecule has 1 fully saturated rings. The molecular weight excluding hydrogens is 222 g/mol. The minimum absolute atomic E-state index is 0.589. The molecule has 0 amide bonds. The van der Waals surface area contributed by atoms with E-state index in [1.807, 2.05) is 12.1 Å². The largest absolute Gasteiger partial charge is 0.495 e. The topological polar surface area (TPSA) is 21.3 Å². The Hall–Kier alpha value is -0.730. The Kier molecular flexibility index (Phi) is 4.08. The van der Waals surface area contributed by atoms with Crippen LogP contribution in [0.15, 0.2) is 18.2 Å². The summed E-state index contributed by atoms with van der Waals surface area (Å²) in [5.74, 6) is 1.35. The third-order valence-corrected chi connectivity index (χ3v) is 3.49. The Labute approximate surface area is 102 Å². The molecule has 16 heavy (non-hydrogen) atoms. The molecule has 1 aliphatic rings. The van der Waals surface area contributed by atoms with Crippen molar-refractivity contribution in [3.8, 4) is 5.75 Å². The molecule has 1 aromatic rings. The highest BCUT2D eigenvalue weighted by Gasteiger charge is 2.15. The average molecular weight is 240 g/mol. The molecule has 0 aliphatic carbocycles. The SMILES string of the molecule is COc1ccc(C2CCCCNC2)cc1Cl. The van der Waals surface area contributed by atoms with Crippen LogP contribution >= 0.6 is 11.6 Å². The van der Waals surface area contributed by atoms with Crippen LogP contribution in [-0.2, 0) is 0 Å². The monoisotopic (exact) mass is 239 g/mol. The minimum Gasteiger partial charge on any atom is -0.495 e. The Bertz CT molecular complexity index is 346. The van der Waals surface area contributed by atoms with Gasteiger partial charge in [0.1, 0.15) is 5.75 Å². The highest BCUT2D eigenvalue weighted by atomic mass is 35.5. The van der Waals surface area contributed by atoms with E-state index in [0.717, 1.165) is 18.8 Å². The number of ether oxygens (including phenoxy) is 1. The van der Waals surface area contributed by atoms with Crippen LogP contribution in [0, 0.1) is 0 Å². The van der Waals surface area contributed by atoms with Crippen LogP contribution in [0.25, 0.3) is 0 Å². The van der Waals surface area contributed by atoms with Crippen molar-refractivity contribution < 1.29 is 4.74 Å². The molecule has 3 heteroatoms. The Balaban J connectivity index is 2.16. The Morgan fingerprint density at radius 2 is 2.25 bits per heavy atom. The van der Waals surface area contributed by atoms with E-state index in [4.69, 9.17) is 16.3 Å². The fourth-order valence-corrected chi connectivity index (χ4v) is 2.51. The quantitative estimate of drug-likeness (QED) is 0.856. The van der Waals surface area contributed by atoms with Gasteiger partial charge in [-0.1, -0.05) is 24.1 Å². The molecule has 0 spiro atoms. The maximum absolute atomic E-state index is 6.14. The highest BCUT2D eigenvalue weighted by molar-refractivity contribution is 6.32. The van der Waals surface area contributed by atoms with E-state index in [0.29, 0.717) is 10.9 Å². The molecular formula is C13H18ClNO. The second-order valence-corrected chi connectivity index (χ2v) is 4.70. The van der Waals surface area contributed by atoms with Gasteiger partial charge in [-0.2, -0.15) is 0 Å². The van der Waals surface area contributed by atoms with Crippen molar-refractivity contribution in [1.82, 2.24) is 5.32 Å². The van der Waals surface area contributed by atoms with Gasteiger partial charge < -0.3 is 10.1 Å². The molecule has 1 unspecified atom stereocenters. The van der Waals surface area contributed by atoms with E-state index < -0.39 is 0 Å².